The number of aliphatic hydroxyl groups is 1. The van der Waals surface area contributed by atoms with Crippen LogP contribution in [0, 0.1) is 6.92 Å². The second-order valence-electron chi connectivity index (χ2n) is 7.13. The summed E-state index contributed by atoms with van der Waals surface area (Å²) >= 11 is 1.47. The quantitative estimate of drug-likeness (QED) is 0.468. The number of hydrogen-bond donors (Lipinski definition) is 4. The topological polar surface area (TPSA) is 95.0 Å². The second-order valence-corrected chi connectivity index (χ2v) is 8.16. The van der Waals surface area contributed by atoms with Crippen LogP contribution in [0.15, 0.2) is 24.3 Å². The van der Waals surface area contributed by atoms with E-state index in [2.05, 4.69) is 30.9 Å². The second kappa shape index (κ2) is 8.32. The lowest BCUT2D eigenvalue weighted by Crippen LogP contribution is -2.37. The maximum Gasteiger partial charge on any atom is 0.405 e. The van der Waals surface area contributed by atoms with E-state index in [-0.39, 0.29) is 24.8 Å². The Balaban J connectivity index is 1.71. The maximum absolute atomic E-state index is 12.6. The summed E-state index contributed by atoms with van der Waals surface area (Å²) in [5.41, 5.74) is 2.01. The fourth-order valence-electron chi connectivity index (χ4n) is 3.41. The number of fused-ring (bicyclic) bond motifs is 1. The number of nitrogens with one attached hydrogen (secondary N) is 3. The van der Waals surface area contributed by atoms with Gasteiger partial charge in [-0.1, -0.05) is 12.1 Å². The van der Waals surface area contributed by atoms with Crippen molar-refractivity contribution < 1.29 is 18.3 Å². The third-order valence-corrected chi connectivity index (χ3v) is 5.87. The Morgan fingerprint density at radius 3 is 2.70 bits per heavy atom. The third-order valence-electron chi connectivity index (χ3n) is 4.82. The fourth-order valence-corrected chi connectivity index (χ4v) is 4.48. The Morgan fingerprint density at radius 2 is 2.00 bits per heavy atom. The molecule has 30 heavy (non-hydrogen) atoms. The first kappa shape index (κ1) is 20.8. The zero-order valence-electron chi connectivity index (χ0n) is 16.1. The highest BCUT2D eigenvalue weighted by Crippen LogP contribution is 2.36. The lowest BCUT2D eigenvalue weighted by atomic mass is 10.2. The first-order valence-corrected chi connectivity index (χ1v) is 10.3. The Labute approximate surface area is 174 Å². The van der Waals surface area contributed by atoms with Crippen LogP contribution in [-0.2, 0) is 0 Å². The van der Waals surface area contributed by atoms with Crippen LogP contribution in [0.2, 0.25) is 0 Å². The molecule has 2 aromatic heterocycles. The minimum absolute atomic E-state index is 0.0180. The molecule has 1 fully saturated rings. The van der Waals surface area contributed by atoms with Crippen molar-refractivity contribution in [1.29, 1.82) is 0 Å². The normalized spacial score (nSPS) is 19.4. The van der Waals surface area contributed by atoms with Gasteiger partial charge >= 0.3 is 6.18 Å². The summed E-state index contributed by atoms with van der Waals surface area (Å²) in [7, 11) is 0. The van der Waals surface area contributed by atoms with Crippen LogP contribution in [0.1, 0.15) is 18.5 Å². The molecule has 1 aromatic carbocycles. The Morgan fingerprint density at radius 1 is 1.20 bits per heavy atom. The van der Waals surface area contributed by atoms with E-state index < -0.39 is 12.7 Å². The molecule has 160 valence electrons. The molecule has 2 atom stereocenters. The number of halogens is 3. The highest BCUT2D eigenvalue weighted by Gasteiger charge is 2.29. The average molecular weight is 438 g/mol. The van der Waals surface area contributed by atoms with Crippen LogP contribution in [0.3, 0.4) is 0 Å². The Hall–Kier alpha value is -2.50. The van der Waals surface area contributed by atoms with Crippen molar-refractivity contribution in [2.75, 3.05) is 23.8 Å². The lowest BCUT2D eigenvalue weighted by Gasteiger charge is -2.19. The molecule has 4 N–H and O–H groups in total. The average Bonchev–Trinajstić information content (AvgIpc) is 3.32. The van der Waals surface area contributed by atoms with Crippen molar-refractivity contribution in [2.45, 2.75) is 38.1 Å². The molecule has 1 aliphatic heterocycles. The van der Waals surface area contributed by atoms with E-state index in [1.807, 2.05) is 24.3 Å². The van der Waals surface area contributed by atoms with Gasteiger partial charge in [0.25, 0.3) is 0 Å². The van der Waals surface area contributed by atoms with Gasteiger partial charge in [0.2, 0.25) is 5.95 Å². The third kappa shape index (κ3) is 4.63. The molecule has 0 aliphatic carbocycles. The van der Waals surface area contributed by atoms with E-state index in [0.29, 0.717) is 22.1 Å². The number of benzene rings is 1. The van der Waals surface area contributed by atoms with E-state index in [1.165, 1.54) is 11.3 Å². The minimum Gasteiger partial charge on any atom is -0.395 e. The first-order valence-electron chi connectivity index (χ1n) is 9.51. The van der Waals surface area contributed by atoms with Crippen molar-refractivity contribution in [2.24, 2.45) is 0 Å². The molecule has 0 bridgehead atoms. The SMILES string of the molecule is Cc1nc(NCC(F)(F)F)nc(NC2CC[C@H](CO)N2)c1-c1nc2ccccc2s1. The highest BCUT2D eigenvalue weighted by molar-refractivity contribution is 7.21. The van der Waals surface area contributed by atoms with E-state index in [0.717, 1.165) is 23.1 Å². The predicted octanol–water partition coefficient (Wildman–Crippen LogP) is 3.52. The summed E-state index contributed by atoms with van der Waals surface area (Å²) < 4.78 is 38.9. The molecule has 0 saturated carbocycles. The van der Waals surface area contributed by atoms with E-state index in [4.69, 9.17) is 0 Å². The van der Waals surface area contributed by atoms with Crippen molar-refractivity contribution in [3.63, 3.8) is 0 Å². The van der Waals surface area contributed by atoms with Gasteiger partial charge in [-0.15, -0.1) is 11.3 Å². The number of aryl methyl sites for hydroxylation is 1. The van der Waals surface area contributed by atoms with Gasteiger partial charge in [-0.05, 0) is 31.9 Å². The van der Waals surface area contributed by atoms with Crippen molar-refractivity contribution in [3.05, 3.63) is 30.0 Å². The molecule has 0 spiro atoms. The number of para-hydroxylation sites is 1. The van der Waals surface area contributed by atoms with Crippen LogP contribution in [0.5, 0.6) is 0 Å². The molecule has 3 heterocycles. The molecule has 0 amide bonds. The van der Waals surface area contributed by atoms with Crippen LogP contribution in [0.25, 0.3) is 20.8 Å². The first-order chi connectivity index (χ1) is 14.3. The van der Waals surface area contributed by atoms with Gasteiger partial charge in [0.05, 0.1) is 34.2 Å². The van der Waals surface area contributed by atoms with E-state index >= 15 is 0 Å². The monoisotopic (exact) mass is 438 g/mol. The van der Waals surface area contributed by atoms with Gasteiger partial charge in [0.1, 0.15) is 17.4 Å². The number of aliphatic hydroxyl groups excluding tert-OH is 1. The van der Waals surface area contributed by atoms with Gasteiger partial charge in [0, 0.05) is 6.04 Å². The van der Waals surface area contributed by atoms with Crippen molar-refractivity contribution in [3.8, 4) is 10.6 Å². The number of anilines is 2. The van der Waals surface area contributed by atoms with Crippen LogP contribution >= 0.6 is 11.3 Å². The van der Waals surface area contributed by atoms with Gasteiger partial charge in [-0.3, -0.25) is 5.32 Å². The van der Waals surface area contributed by atoms with Crippen LogP contribution in [0.4, 0.5) is 24.9 Å². The molecule has 1 unspecified atom stereocenters. The highest BCUT2D eigenvalue weighted by atomic mass is 32.1. The smallest absolute Gasteiger partial charge is 0.395 e. The molecule has 0 radical (unpaired) electrons. The summed E-state index contributed by atoms with van der Waals surface area (Å²) in [5, 5.41) is 18.8. The largest absolute Gasteiger partial charge is 0.405 e. The Bertz CT molecular complexity index is 1010. The molecular formula is C19H21F3N6OS. The standard InChI is InChI=1S/C19H21F3N6OS/c1-10-15(17-26-12-4-2-3-5-13(12)30-17)16(27-14-7-6-11(8-29)25-14)28-18(24-10)23-9-19(20,21)22/h2-5,11,14,25,29H,6-9H2,1H3,(H2,23,24,27,28)/t11-,14?/m1/s1. The molecule has 11 heteroatoms. The number of nitrogens with zero attached hydrogens (tertiary/aromatic N) is 3. The summed E-state index contributed by atoms with van der Waals surface area (Å²) in [6.45, 7) is 0.524. The zero-order chi connectivity index (χ0) is 21.3. The van der Waals surface area contributed by atoms with E-state index in [9.17, 15) is 18.3 Å². The van der Waals surface area contributed by atoms with E-state index in [1.54, 1.807) is 6.92 Å². The summed E-state index contributed by atoms with van der Waals surface area (Å²) in [4.78, 5) is 13.2. The van der Waals surface area contributed by atoms with Gasteiger partial charge in [-0.25, -0.2) is 9.97 Å². The summed E-state index contributed by atoms with van der Waals surface area (Å²) in [6, 6.07) is 7.66. The maximum atomic E-state index is 12.6. The van der Waals surface area contributed by atoms with Crippen LogP contribution in [-0.4, -0.2) is 51.6 Å². The summed E-state index contributed by atoms with van der Waals surface area (Å²) in [6.07, 6.45) is -3.01. The number of thiazole rings is 1. The molecule has 7 nitrogen and oxygen atoms in total. The Kier molecular flexibility index (Phi) is 5.76. The molecule has 1 saturated heterocycles. The zero-order valence-corrected chi connectivity index (χ0v) is 16.9. The molecular weight excluding hydrogens is 417 g/mol. The molecule has 4 rings (SSSR count). The van der Waals surface area contributed by atoms with Gasteiger partial charge in [-0.2, -0.15) is 18.2 Å². The van der Waals surface area contributed by atoms with Gasteiger partial charge in [0.15, 0.2) is 0 Å². The molecule has 1 aliphatic rings. The number of hydrogen-bond acceptors (Lipinski definition) is 8. The van der Waals surface area contributed by atoms with Crippen LogP contribution < -0.4 is 16.0 Å². The number of rotatable bonds is 6. The molecule has 3 aromatic rings. The number of alkyl halides is 3. The number of aromatic nitrogens is 3. The lowest BCUT2D eigenvalue weighted by molar-refractivity contribution is -0.115. The van der Waals surface area contributed by atoms with Gasteiger partial charge < -0.3 is 15.7 Å². The predicted molar refractivity (Wildman–Crippen MR) is 111 cm³/mol. The summed E-state index contributed by atoms with van der Waals surface area (Å²) in [5.74, 6) is 0.302. The van der Waals surface area contributed by atoms with Crippen molar-refractivity contribution in [1.82, 2.24) is 20.3 Å². The minimum atomic E-state index is -4.38. The van der Waals surface area contributed by atoms with Crippen molar-refractivity contribution >= 4 is 33.3 Å². The fraction of sp³-hybridized carbons (Fsp3) is 0.421.